The fourth-order valence-corrected chi connectivity index (χ4v) is 3.43. The third-order valence-electron chi connectivity index (χ3n) is 5.20. The monoisotopic (exact) mass is 408 g/mol. The van der Waals surface area contributed by atoms with Crippen molar-refractivity contribution >= 4 is 17.8 Å². The summed E-state index contributed by atoms with van der Waals surface area (Å²) >= 11 is 0. The Morgan fingerprint density at radius 2 is 2.07 bits per heavy atom. The predicted molar refractivity (Wildman–Crippen MR) is 101 cm³/mol. The number of nitrogens with one attached hydrogen (secondary N) is 1. The first-order valence-corrected chi connectivity index (χ1v) is 9.00. The number of hydrogen-bond donors (Lipinski definition) is 1. The van der Waals surface area contributed by atoms with E-state index >= 15 is 0 Å². The Balaban J connectivity index is 1.99. The number of rotatable bonds is 5. The third-order valence-corrected chi connectivity index (χ3v) is 5.20. The van der Waals surface area contributed by atoms with Crippen LogP contribution in [0, 0.1) is 5.82 Å². The molecule has 2 aromatic rings. The highest BCUT2D eigenvalue weighted by Gasteiger charge is 2.44. The van der Waals surface area contributed by atoms with Crippen molar-refractivity contribution in [3.63, 3.8) is 0 Å². The second-order valence-corrected chi connectivity index (χ2v) is 6.90. The van der Waals surface area contributed by atoms with Crippen LogP contribution in [0.2, 0.25) is 0 Å². The van der Waals surface area contributed by atoms with Crippen molar-refractivity contribution in [2.75, 3.05) is 7.05 Å². The smallest absolute Gasteiger partial charge is 0.344 e. The van der Waals surface area contributed by atoms with E-state index < -0.39 is 23.1 Å². The molecule has 1 aromatic carbocycles. The van der Waals surface area contributed by atoms with E-state index in [4.69, 9.17) is 0 Å². The molecule has 3 rings (SSSR count). The molecule has 9 heteroatoms. The lowest BCUT2D eigenvalue weighted by Gasteiger charge is -2.42. The van der Waals surface area contributed by atoms with E-state index in [-0.39, 0.29) is 5.56 Å². The van der Waals surface area contributed by atoms with E-state index in [1.165, 1.54) is 18.3 Å². The Hall–Kier alpha value is -2.97. The number of carbonyl (C=O) groups is 1. The van der Waals surface area contributed by atoms with E-state index in [1.54, 1.807) is 24.9 Å². The van der Waals surface area contributed by atoms with Crippen LogP contribution in [0.4, 0.5) is 17.6 Å². The zero-order valence-electron chi connectivity index (χ0n) is 15.9. The van der Waals surface area contributed by atoms with Gasteiger partial charge in [0, 0.05) is 30.4 Å². The summed E-state index contributed by atoms with van der Waals surface area (Å²) in [4.78, 5) is 15.0. The molecule has 5 nitrogen and oxygen atoms in total. The number of hydrogen-bond acceptors (Lipinski definition) is 3. The minimum absolute atomic E-state index is 0.173. The lowest BCUT2D eigenvalue weighted by atomic mass is 9.71. The average molecular weight is 408 g/mol. The summed E-state index contributed by atoms with van der Waals surface area (Å²) in [7, 11) is 1.60. The third kappa shape index (κ3) is 3.94. The van der Waals surface area contributed by atoms with Gasteiger partial charge in [0.25, 0.3) is 0 Å². The zero-order chi connectivity index (χ0) is 21.2. The van der Waals surface area contributed by atoms with Crippen molar-refractivity contribution in [2.24, 2.45) is 4.99 Å². The molecule has 0 spiro atoms. The summed E-state index contributed by atoms with van der Waals surface area (Å²) in [5.74, 6) is -0.328. The number of halogens is 4. The van der Waals surface area contributed by atoms with Crippen molar-refractivity contribution < 1.29 is 22.4 Å². The molecule has 1 fully saturated rings. The number of aldehydes is 1. The lowest BCUT2D eigenvalue weighted by molar-refractivity contribution is -0.137. The summed E-state index contributed by atoms with van der Waals surface area (Å²) < 4.78 is 54.9. The first-order valence-electron chi connectivity index (χ1n) is 9.00. The van der Waals surface area contributed by atoms with Crippen molar-refractivity contribution in [1.29, 1.82) is 0 Å². The molecule has 0 amide bonds. The molecule has 1 saturated carbocycles. The standard InChI is InChI=1S/C20H20F4N4O/c1-13(25-2)27-18(6-9-29)14-11-26-28(12-14)19(7-3-8-19)16-5-4-15(10-17(16)21)20(22,23)24/h4-6,9-12H,3,7-8H2,1-2H3,(H,25,27)/b18-6-. The summed E-state index contributed by atoms with van der Waals surface area (Å²) in [5.41, 5.74) is -0.654. The van der Waals surface area contributed by atoms with Gasteiger partial charge in [-0.15, -0.1) is 0 Å². The maximum atomic E-state index is 14.7. The highest BCUT2D eigenvalue weighted by molar-refractivity contribution is 5.92. The number of amidine groups is 1. The molecule has 0 unspecified atom stereocenters. The van der Waals surface area contributed by atoms with Gasteiger partial charge in [-0.3, -0.25) is 14.5 Å². The predicted octanol–water partition coefficient (Wildman–Crippen LogP) is 4.15. The Kier molecular flexibility index (Phi) is 5.59. The van der Waals surface area contributed by atoms with Gasteiger partial charge < -0.3 is 5.32 Å². The minimum Gasteiger partial charge on any atom is -0.344 e. The summed E-state index contributed by atoms with van der Waals surface area (Å²) in [6.07, 6.45) is 2.41. The molecule has 154 valence electrons. The Labute approximate surface area is 165 Å². The number of alkyl halides is 3. The molecule has 0 aliphatic heterocycles. The maximum absolute atomic E-state index is 14.7. The molecular weight excluding hydrogens is 388 g/mol. The maximum Gasteiger partial charge on any atom is 0.416 e. The van der Waals surface area contributed by atoms with Crippen molar-refractivity contribution in [2.45, 2.75) is 37.9 Å². The Bertz CT molecular complexity index is 971. The van der Waals surface area contributed by atoms with Crippen LogP contribution < -0.4 is 5.32 Å². The van der Waals surface area contributed by atoms with Crippen molar-refractivity contribution in [3.05, 3.63) is 59.2 Å². The van der Waals surface area contributed by atoms with Crippen LogP contribution in [-0.2, 0) is 16.5 Å². The van der Waals surface area contributed by atoms with Crippen molar-refractivity contribution in [3.8, 4) is 0 Å². The van der Waals surface area contributed by atoms with Crippen LogP contribution in [0.1, 0.15) is 42.9 Å². The number of allylic oxidation sites excluding steroid dienone is 1. The van der Waals surface area contributed by atoms with Gasteiger partial charge >= 0.3 is 6.18 Å². The van der Waals surface area contributed by atoms with E-state index in [2.05, 4.69) is 15.4 Å². The number of nitrogens with zero attached hydrogens (tertiary/aromatic N) is 3. The number of carbonyl (C=O) groups excluding carboxylic acids is 1. The van der Waals surface area contributed by atoms with Gasteiger partial charge in [0.1, 0.15) is 12.1 Å². The molecule has 0 radical (unpaired) electrons. The van der Waals surface area contributed by atoms with Crippen LogP contribution in [0.25, 0.3) is 5.70 Å². The fraction of sp³-hybridized carbons (Fsp3) is 0.350. The average Bonchev–Trinajstić information content (AvgIpc) is 3.11. The van der Waals surface area contributed by atoms with Gasteiger partial charge in [-0.1, -0.05) is 6.07 Å². The molecule has 0 atom stereocenters. The minimum atomic E-state index is -4.61. The number of aromatic nitrogens is 2. The summed E-state index contributed by atoms with van der Waals surface area (Å²) in [6.45, 7) is 1.73. The highest BCUT2D eigenvalue weighted by atomic mass is 19.4. The quantitative estimate of drug-likeness (QED) is 0.266. The lowest BCUT2D eigenvalue weighted by Crippen LogP contribution is -2.43. The van der Waals surface area contributed by atoms with Gasteiger partial charge in [0.05, 0.1) is 28.8 Å². The van der Waals surface area contributed by atoms with Crippen LogP contribution in [0.5, 0.6) is 0 Å². The molecule has 1 N–H and O–H groups in total. The number of aliphatic imine (C=N–C) groups is 1. The molecule has 29 heavy (non-hydrogen) atoms. The zero-order valence-corrected chi connectivity index (χ0v) is 15.9. The molecule has 0 bridgehead atoms. The summed E-state index contributed by atoms with van der Waals surface area (Å²) in [6, 6.07) is 2.61. The fourth-order valence-electron chi connectivity index (χ4n) is 3.43. The Morgan fingerprint density at radius 1 is 1.34 bits per heavy atom. The largest absolute Gasteiger partial charge is 0.416 e. The Morgan fingerprint density at radius 3 is 2.59 bits per heavy atom. The second-order valence-electron chi connectivity index (χ2n) is 6.90. The van der Waals surface area contributed by atoms with Crippen LogP contribution in [-0.4, -0.2) is 28.9 Å². The van der Waals surface area contributed by atoms with Gasteiger partial charge in [0.15, 0.2) is 0 Å². The van der Waals surface area contributed by atoms with Gasteiger partial charge in [0.2, 0.25) is 0 Å². The van der Waals surface area contributed by atoms with Gasteiger partial charge in [-0.25, -0.2) is 4.39 Å². The van der Waals surface area contributed by atoms with E-state index in [1.807, 2.05) is 0 Å². The molecule has 0 saturated heterocycles. The molecule has 1 heterocycles. The van der Waals surface area contributed by atoms with Crippen LogP contribution in [0.3, 0.4) is 0 Å². The topological polar surface area (TPSA) is 59.3 Å². The first-order chi connectivity index (χ1) is 13.7. The normalized spacial score (nSPS) is 17.0. The van der Waals surface area contributed by atoms with E-state index in [0.717, 1.165) is 12.5 Å². The van der Waals surface area contributed by atoms with E-state index in [9.17, 15) is 22.4 Å². The van der Waals surface area contributed by atoms with Crippen LogP contribution >= 0.6 is 0 Å². The van der Waals surface area contributed by atoms with Crippen molar-refractivity contribution in [1.82, 2.24) is 15.1 Å². The first kappa shape index (κ1) is 20.8. The molecule has 1 aliphatic carbocycles. The molecule has 1 aromatic heterocycles. The highest BCUT2D eigenvalue weighted by Crippen LogP contribution is 2.46. The SMILES string of the molecule is CN=C(C)N/C(=C\C=O)c1cnn(C2(c3ccc(C(F)(F)F)cc3F)CCC2)c1. The molecule has 1 aliphatic rings. The summed E-state index contributed by atoms with van der Waals surface area (Å²) in [5, 5.41) is 7.31. The van der Waals surface area contributed by atoms with E-state index in [0.29, 0.717) is 42.3 Å². The van der Waals surface area contributed by atoms with Gasteiger partial charge in [-0.05, 0) is 38.3 Å². The number of benzene rings is 1. The van der Waals surface area contributed by atoms with Gasteiger partial charge in [-0.2, -0.15) is 18.3 Å². The second kappa shape index (κ2) is 7.81. The van der Waals surface area contributed by atoms with Crippen LogP contribution in [0.15, 0.2) is 41.7 Å². The molecular formula is C20H20F4N4O.